The van der Waals surface area contributed by atoms with Crippen LogP contribution < -0.4 is 10.0 Å². The van der Waals surface area contributed by atoms with Crippen molar-refractivity contribution >= 4 is 15.9 Å². The van der Waals surface area contributed by atoms with Crippen molar-refractivity contribution in [2.24, 2.45) is 0 Å². The van der Waals surface area contributed by atoms with Crippen molar-refractivity contribution in [3.8, 4) is 0 Å². The fraction of sp³-hybridized carbons (Fsp3) is 0.500. The third kappa shape index (κ3) is 3.97. The number of hydrogen-bond acceptors (Lipinski definition) is 4. The Morgan fingerprint density at radius 3 is 2.55 bits per heavy atom. The standard InChI is InChI=1S/C10H11F3N2O4S/c11-10(12,13)5-14-9(16)7-3-4-8(19-7)20(17,18)15-6-1-2-6/h3-4,6,15H,1-2,5H2,(H,14,16). The van der Waals surface area contributed by atoms with Crippen LogP contribution >= 0.6 is 0 Å². The lowest BCUT2D eigenvalue weighted by Gasteiger charge is -2.06. The molecule has 10 heteroatoms. The Labute approximate surface area is 112 Å². The van der Waals surface area contributed by atoms with Gasteiger partial charge in [-0.2, -0.15) is 13.2 Å². The van der Waals surface area contributed by atoms with Gasteiger partial charge in [-0.15, -0.1) is 0 Å². The fourth-order valence-electron chi connectivity index (χ4n) is 1.33. The molecule has 0 spiro atoms. The predicted molar refractivity (Wildman–Crippen MR) is 60.4 cm³/mol. The lowest BCUT2D eigenvalue weighted by Crippen LogP contribution is -2.33. The van der Waals surface area contributed by atoms with Gasteiger partial charge in [-0.1, -0.05) is 0 Å². The highest BCUT2D eigenvalue weighted by molar-refractivity contribution is 7.89. The van der Waals surface area contributed by atoms with Gasteiger partial charge >= 0.3 is 6.18 Å². The van der Waals surface area contributed by atoms with Crippen molar-refractivity contribution in [3.63, 3.8) is 0 Å². The minimum absolute atomic E-state index is 0.146. The van der Waals surface area contributed by atoms with Crippen LogP contribution in [0.1, 0.15) is 23.4 Å². The molecular formula is C10H11F3N2O4S. The Bertz CT molecular complexity index is 604. The van der Waals surface area contributed by atoms with Gasteiger partial charge in [0.25, 0.3) is 15.9 Å². The van der Waals surface area contributed by atoms with E-state index in [-0.39, 0.29) is 6.04 Å². The van der Waals surface area contributed by atoms with Crippen molar-refractivity contribution in [1.29, 1.82) is 0 Å². The van der Waals surface area contributed by atoms with Crippen LogP contribution in [0.4, 0.5) is 13.2 Å². The number of alkyl halides is 3. The maximum absolute atomic E-state index is 11.9. The highest BCUT2D eigenvalue weighted by atomic mass is 32.2. The number of hydrogen-bond donors (Lipinski definition) is 2. The minimum Gasteiger partial charge on any atom is -0.438 e. The third-order valence-electron chi connectivity index (χ3n) is 2.42. The molecule has 1 aromatic heterocycles. The maximum atomic E-state index is 11.9. The van der Waals surface area contributed by atoms with Crippen molar-refractivity contribution in [2.75, 3.05) is 6.54 Å². The molecule has 1 saturated carbocycles. The number of sulfonamides is 1. The zero-order valence-corrected chi connectivity index (χ0v) is 10.8. The van der Waals surface area contributed by atoms with E-state index in [4.69, 9.17) is 4.42 Å². The van der Waals surface area contributed by atoms with Crippen molar-refractivity contribution < 1.29 is 30.8 Å². The molecule has 1 aliphatic rings. The molecule has 0 aliphatic heterocycles. The third-order valence-corrected chi connectivity index (χ3v) is 3.81. The molecule has 1 aromatic rings. The van der Waals surface area contributed by atoms with Crippen LogP contribution in [0.3, 0.4) is 0 Å². The first kappa shape index (κ1) is 14.9. The van der Waals surface area contributed by atoms with Gasteiger partial charge in [-0.05, 0) is 25.0 Å². The van der Waals surface area contributed by atoms with Gasteiger partial charge in [0.05, 0.1) is 0 Å². The van der Waals surface area contributed by atoms with Gasteiger partial charge in [-0.25, -0.2) is 13.1 Å². The summed E-state index contributed by atoms with van der Waals surface area (Å²) < 4.78 is 66.3. The summed E-state index contributed by atoms with van der Waals surface area (Å²) in [7, 11) is -3.87. The van der Waals surface area contributed by atoms with E-state index in [0.717, 1.165) is 25.0 Å². The SMILES string of the molecule is O=C(NCC(F)(F)F)c1ccc(S(=O)(=O)NC2CC2)o1. The summed E-state index contributed by atoms with van der Waals surface area (Å²) in [5.74, 6) is -1.62. The van der Waals surface area contributed by atoms with E-state index in [1.54, 1.807) is 5.32 Å². The molecule has 20 heavy (non-hydrogen) atoms. The maximum Gasteiger partial charge on any atom is 0.405 e. The summed E-state index contributed by atoms with van der Waals surface area (Å²) in [4.78, 5) is 11.3. The zero-order valence-electron chi connectivity index (χ0n) is 10.0. The fourth-order valence-corrected chi connectivity index (χ4v) is 2.57. The first-order chi connectivity index (χ1) is 9.17. The lowest BCUT2D eigenvalue weighted by molar-refractivity contribution is -0.123. The van der Waals surface area contributed by atoms with Crippen molar-refractivity contribution in [2.45, 2.75) is 30.2 Å². The number of amides is 1. The van der Waals surface area contributed by atoms with Gasteiger partial charge in [0, 0.05) is 6.04 Å². The molecule has 1 heterocycles. The second kappa shape index (κ2) is 5.09. The number of nitrogens with one attached hydrogen (secondary N) is 2. The first-order valence-corrected chi connectivity index (χ1v) is 7.13. The summed E-state index contributed by atoms with van der Waals surface area (Å²) in [5, 5.41) is 1.09. The number of halogens is 3. The van der Waals surface area contributed by atoms with E-state index in [1.165, 1.54) is 0 Å². The van der Waals surface area contributed by atoms with Gasteiger partial charge in [0.15, 0.2) is 5.76 Å². The highest BCUT2D eigenvalue weighted by Crippen LogP contribution is 2.23. The predicted octanol–water partition coefficient (Wildman–Crippen LogP) is 1.01. The molecule has 0 radical (unpaired) electrons. The summed E-state index contributed by atoms with van der Waals surface area (Å²) in [6.45, 7) is -1.52. The zero-order chi connectivity index (χ0) is 15.0. The summed E-state index contributed by atoms with van der Waals surface area (Å²) >= 11 is 0. The smallest absolute Gasteiger partial charge is 0.405 e. The summed E-state index contributed by atoms with van der Waals surface area (Å²) in [6.07, 6.45) is -3.11. The quantitative estimate of drug-likeness (QED) is 0.849. The Morgan fingerprint density at radius 1 is 1.35 bits per heavy atom. The summed E-state index contributed by atoms with van der Waals surface area (Å²) in [5.41, 5.74) is 0. The van der Waals surface area contributed by atoms with E-state index < -0.39 is 39.5 Å². The Hall–Kier alpha value is -1.55. The molecular weight excluding hydrogens is 301 g/mol. The normalized spacial score (nSPS) is 16.1. The lowest BCUT2D eigenvalue weighted by atomic mass is 10.4. The largest absolute Gasteiger partial charge is 0.438 e. The Balaban J connectivity index is 2.02. The second-order valence-electron chi connectivity index (χ2n) is 4.31. The molecule has 2 rings (SSSR count). The molecule has 112 valence electrons. The molecule has 0 aromatic carbocycles. The van der Waals surface area contributed by atoms with Crippen LogP contribution in [-0.4, -0.2) is 33.1 Å². The molecule has 1 aliphatic carbocycles. The van der Waals surface area contributed by atoms with E-state index in [1.807, 2.05) is 0 Å². The Kier molecular flexibility index (Phi) is 3.78. The van der Waals surface area contributed by atoms with E-state index in [2.05, 4.69) is 4.72 Å². The van der Waals surface area contributed by atoms with Gasteiger partial charge in [0.1, 0.15) is 6.54 Å². The van der Waals surface area contributed by atoms with Crippen molar-refractivity contribution in [1.82, 2.24) is 10.0 Å². The molecule has 1 fully saturated rings. The van der Waals surface area contributed by atoms with E-state index >= 15 is 0 Å². The average Bonchev–Trinajstić information content (AvgIpc) is 2.96. The summed E-state index contributed by atoms with van der Waals surface area (Å²) in [6, 6.07) is 1.88. The van der Waals surface area contributed by atoms with Gasteiger partial charge in [-0.3, -0.25) is 4.79 Å². The van der Waals surface area contributed by atoms with E-state index in [0.29, 0.717) is 0 Å². The second-order valence-corrected chi connectivity index (χ2v) is 5.96. The number of carbonyl (C=O) groups excluding carboxylic acids is 1. The molecule has 0 bridgehead atoms. The minimum atomic E-state index is -4.55. The topological polar surface area (TPSA) is 88.4 Å². The Morgan fingerprint density at radius 2 is 2.00 bits per heavy atom. The highest BCUT2D eigenvalue weighted by Gasteiger charge is 2.31. The van der Waals surface area contributed by atoms with Gasteiger partial charge in [0.2, 0.25) is 5.09 Å². The van der Waals surface area contributed by atoms with Gasteiger partial charge < -0.3 is 9.73 Å². The number of rotatable bonds is 5. The van der Waals surface area contributed by atoms with Crippen LogP contribution in [0.5, 0.6) is 0 Å². The van der Waals surface area contributed by atoms with Crippen LogP contribution in [0.2, 0.25) is 0 Å². The van der Waals surface area contributed by atoms with Crippen LogP contribution in [0.25, 0.3) is 0 Å². The van der Waals surface area contributed by atoms with Crippen LogP contribution in [-0.2, 0) is 10.0 Å². The molecule has 6 nitrogen and oxygen atoms in total. The number of carbonyl (C=O) groups is 1. The monoisotopic (exact) mass is 312 g/mol. The van der Waals surface area contributed by atoms with Crippen molar-refractivity contribution in [3.05, 3.63) is 17.9 Å². The molecule has 1 amide bonds. The molecule has 0 unspecified atom stereocenters. The van der Waals surface area contributed by atoms with Crippen LogP contribution in [0.15, 0.2) is 21.6 Å². The number of furan rings is 1. The molecule has 0 saturated heterocycles. The van der Waals surface area contributed by atoms with E-state index in [9.17, 15) is 26.4 Å². The average molecular weight is 312 g/mol. The van der Waals surface area contributed by atoms with Crippen LogP contribution in [0, 0.1) is 0 Å². The molecule has 0 atom stereocenters. The first-order valence-electron chi connectivity index (χ1n) is 5.64. The molecule has 2 N–H and O–H groups in total.